The van der Waals surface area contributed by atoms with Crippen LogP contribution in [-0.4, -0.2) is 11.7 Å². The molecule has 0 saturated carbocycles. The van der Waals surface area contributed by atoms with Crippen LogP contribution in [-0.2, 0) is 11.2 Å². The van der Waals surface area contributed by atoms with Gasteiger partial charge >= 0.3 is 0 Å². The third kappa shape index (κ3) is 2.19. The molecule has 20 heavy (non-hydrogen) atoms. The third-order valence-electron chi connectivity index (χ3n) is 3.18. The van der Waals surface area contributed by atoms with E-state index in [-0.39, 0.29) is 23.7 Å². The van der Waals surface area contributed by atoms with Crippen molar-refractivity contribution in [2.24, 2.45) is 0 Å². The smallest absolute Gasteiger partial charge is 0.228 e. The second kappa shape index (κ2) is 4.93. The average Bonchev–Trinajstić information content (AvgIpc) is 2.77. The Kier molecular flexibility index (Phi) is 3.24. The number of benzene rings is 2. The highest BCUT2D eigenvalue weighted by Crippen LogP contribution is 2.29. The van der Waals surface area contributed by atoms with Crippen molar-refractivity contribution in [2.45, 2.75) is 6.42 Å². The monoisotopic (exact) mass is 305 g/mol. The Morgan fingerprint density at radius 1 is 1.10 bits per heavy atom. The van der Waals surface area contributed by atoms with Crippen molar-refractivity contribution in [3.8, 4) is 0 Å². The molecule has 1 aliphatic heterocycles. The van der Waals surface area contributed by atoms with Gasteiger partial charge < -0.3 is 5.32 Å². The van der Waals surface area contributed by atoms with Crippen molar-refractivity contribution in [1.29, 1.82) is 0 Å². The van der Waals surface area contributed by atoms with Crippen LogP contribution in [0.4, 0.5) is 5.69 Å². The molecule has 1 heterocycles. The Balaban J connectivity index is 2.04. The van der Waals surface area contributed by atoms with E-state index in [1.165, 1.54) is 0 Å². The van der Waals surface area contributed by atoms with Gasteiger partial charge in [-0.1, -0.05) is 29.3 Å². The van der Waals surface area contributed by atoms with E-state index in [1.807, 2.05) is 0 Å². The molecule has 3 rings (SSSR count). The van der Waals surface area contributed by atoms with Gasteiger partial charge in [-0.25, -0.2) is 0 Å². The van der Waals surface area contributed by atoms with E-state index in [9.17, 15) is 9.59 Å². The number of rotatable bonds is 2. The van der Waals surface area contributed by atoms with Crippen LogP contribution < -0.4 is 5.32 Å². The van der Waals surface area contributed by atoms with Crippen molar-refractivity contribution in [2.75, 3.05) is 5.32 Å². The lowest BCUT2D eigenvalue weighted by atomic mass is 10.00. The molecule has 0 aliphatic carbocycles. The number of fused-ring (bicyclic) bond motifs is 1. The molecule has 1 aliphatic rings. The van der Waals surface area contributed by atoms with E-state index in [0.717, 1.165) is 11.3 Å². The normalized spacial score (nSPS) is 13.0. The van der Waals surface area contributed by atoms with E-state index in [2.05, 4.69) is 5.32 Å². The summed E-state index contributed by atoms with van der Waals surface area (Å²) < 4.78 is 0. The molecule has 0 spiro atoms. The first-order chi connectivity index (χ1) is 9.56. The number of carbonyl (C=O) groups excluding carboxylic acids is 2. The van der Waals surface area contributed by atoms with E-state index in [0.29, 0.717) is 15.6 Å². The molecule has 0 aromatic heterocycles. The Hall–Kier alpha value is -1.84. The first-order valence-corrected chi connectivity index (χ1v) is 6.73. The third-order valence-corrected chi connectivity index (χ3v) is 3.81. The summed E-state index contributed by atoms with van der Waals surface area (Å²) in [7, 11) is 0. The zero-order valence-electron chi connectivity index (χ0n) is 10.2. The Morgan fingerprint density at radius 2 is 1.80 bits per heavy atom. The average molecular weight is 306 g/mol. The van der Waals surface area contributed by atoms with Crippen LogP contribution in [0.15, 0.2) is 36.4 Å². The summed E-state index contributed by atoms with van der Waals surface area (Å²) in [4.78, 5) is 23.8. The molecule has 0 saturated heterocycles. The second-order valence-corrected chi connectivity index (χ2v) is 5.34. The van der Waals surface area contributed by atoms with Gasteiger partial charge in [-0.05, 0) is 35.9 Å². The Bertz CT molecular complexity index is 720. The highest BCUT2D eigenvalue weighted by atomic mass is 35.5. The highest BCUT2D eigenvalue weighted by Gasteiger charge is 2.21. The minimum Gasteiger partial charge on any atom is -0.326 e. The number of hydrogen-bond donors (Lipinski definition) is 1. The molecule has 3 nitrogen and oxygen atoms in total. The molecule has 2 aromatic rings. The van der Waals surface area contributed by atoms with Gasteiger partial charge in [0.1, 0.15) is 0 Å². The number of nitrogens with one attached hydrogen (secondary N) is 1. The molecule has 0 bridgehead atoms. The first-order valence-electron chi connectivity index (χ1n) is 5.98. The quantitative estimate of drug-likeness (QED) is 0.860. The van der Waals surface area contributed by atoms with Gasteiger partial charge in [-0.2, -0.15) is 0 Å². The molecule has 5 heteroatoms. The van der Waals surface area contributed by atoms with E-state index < -0.39 is 0 Å². The summed E-state index contributed by atoms with van der Waals surface area (Å²) in [5.41, 5.74) is 2.31. The largest absolute Gasteiger partial charge is 0.326 e. The number of carbonyl (C=O) groups is 2. The van der Waals surface area contributed by atoms with E-state index >= 15 is 0 Å². The molecule has 100 valence electrons. The van der Waals surface area contributed by atoms with Crippen molar-refractivity contribution in [3.63, 3.8) is 0 Å². The summed E-state index contributed by atoms with van der Waals surface area (Å²) in [5, 5.41) is 3.36. The van der Waals surface area contributed by atoms with Crippen LogP contribution in [0.3, 0.4) is 0 Å². The molecule has 1 amide bonds. The fraction of sp³-hybridized carbons (Fsp3) is 0.0667. The fourth-order valence-corrected chi connectivity index (χ4v) is 2.80. The van der Waals surface area contributed by atoms with Crippen LogP contribution >= 0.6 is 23.2 Å². The maximum Gasteiger partial charge on any atom is 0.228 e. The van der Waals surface area contributed by atoms with Crippen molar-refractivity contribution >= 4 is 40.6 Å². The van der Waals surface area contributed by atoms with Crippen LogP contribution in [0.2, 0.25) is 10.0 Å². The summed E-state index contributed by atoms with van der Waals surface area (Å²) in [6, 6.07) is 10.0. The molecular formula is C15H9Cl2NO2. The van der Waals surface area contributed by atoms with E-state index in [1.54, 1.807) is 36.4 Å². The molecule has 2 aromatic carbocycles. The molecule has 0 atom stereocenters. The van der Waals surface area contributed by atoms with Gasteiger partial charge in [0, 0.05) is 11.3 Å². The summed E-state index contributed by atoms with van der Waals surface area (Å²) >= 11 is 12.1. The number of ketones is 1. The second-order valence-electron chi connectivity index (χ2n) is 4.52. The predicted octanol–water partition coefficient (Wildman–Crippen LogP) is 3.72. The zero-order chi connectivity index (χ0) is 14.3. The first kappa shape index (κ1) is 13.2. The summed E-state index contributed by atoms with van der Waals surface area (Å²) in [6.07, 6.45) is 0.284. The number of anilines is 1. The topological polar surface area (TPSA) is 46.2 Å². The summed E-state index contributed by atoms with van der Waals surface area (Å²) in [6.45, 7) is 0. The number of hydrogen-bond acceptors (Lipinski definition) is 2. The van der Waals surface area contributed by atoms with E-state index in [4.69, 9.17) is 23.2 Å². The van der Waals surface area contributed by atoms with Crippen LogP contribution in [0.1, 0.15) is 21.5 Å². The lowest BCUT2D eigenvalue weighted by molar-refractivity contribution is -0.115. The van der Waals surface area contributed by atoms with Crippen LogP contribution in [0.5, 0.6) is 0 Å². The van der Waals surface area contributed by atoms with Gasteiger partial charge in [0.2, 0.25) is 5.91 Å². The lowest BCUT2D eigenvalue weighted by Gasteiger charge is -2.07. The molecule has 1 N–H and O–H groups in total. The predicted molar refractivity (Wildman–Crippen MR) is 78.7 cm³/mol. The van der Waals surface area contributed by atoms with Crippen LogP contribution in [0, 0.1) is 0 Å². The minimum atomic E-state index is -0.247. The maximum atomic E-state index is 12.5. The fourth-order valence-electron chi connectivity index (χ4n) is 2.23. The van der Waals surface area contributed by atoms with Gasteiger partial charge in [-0.3, -0.25) is 9.59 Å². The molecule has 0 radical (unpaired) electrons. The van der Waals surface area contributed by atoms with Gasteiger partial charge in [0.15, 0.2) is 5.78 Å². The van der Waals surface area contributed by atoms with Crippen molar-refractivity contribution in [1.82, 2.24) is 0 Å². The molecular weight excluding hydrogens is 297 g/mol. The Morgan fingerprint density at radius 3 is 2.50 bits per heavy atom. The van der Waals surface area contributed by atoms with Crippen LogP contribution in [0.25, 0.3) is 0 Å². The minimum absolute atomic E-state index is 0.0691. The van der Waals surface area contributed by atoms with Gasteiger partial charge in [0.05, 0.1) is 22.0 Å². The van der Waals surface area contributed by atoms with Crippen molar-refractivity contribution < 1.29 is 9.59 Å². The number of amides is 1. The lowest BCUT2D eigenvalue weighted by Crippen LogP contribution is -2.03. The van der Waals surface area contributed by atoms with Gasteiger partial charge in [0.25, 0.3) is 0 Å². The standard InChI is InChI=1S/C15H9Cl2NO2/c16-10-2-1-3-11(17)14(10)15(20)8-4-5-12-9(6-8)7-13(19)18-12/h1-6H,7H2,(H,18,19). The SMILES string of the molecule is O=C1Cc2cc(C(=O)c3c(Cl)cccc3Cl)ccc2N1. The highest BCUT2D eigenvalue weighted by molar-refractivity contribution is 6.41. The van der Waals surface area contributed by atoms with Gasteiger partial charge in [-0.15, -0.1) is 0 Å². The maximum absolute atomic E-state index is 12.5. The zero-order valence-corrected chi connectivity index (χ0v) is 11.8. The molecule has 0 unspecified atom stereocenters. The Labute approximate surface area is 125 Å². The molecule has 0 fully saturated rings. The summed E-state index contributed by atoms with van der Waals surface area (Å²) in [5.74, 6) is -0.317. The number of halogens is 2. The van der Waals surface area contributed by atoms with Crippen molar-refractivity contribution in [3.05, 3.63) is 63.1 Å².